The number of carbonyl (C=O) groups is 1. The zero-order valence-corrected chi connectivity index (χ0v) is 14.7. The number of carbonyl (C=O) groups excluding carboxylic acids is 1. The van der Waals surface area contributed by atoms with Crippen LogP contribution in [0.5, 0.6) is 0 Å². The van der Waals surface area contributed by atoms with Gasteiger partial charge >= 0.3 is 0 Å². The molecule has 0 unspecified atom stereocenters. The van der Waals surface area contributed by atoms with Gasteiger partial charge in [0.05, 0.1) is 12.5 Å². The highest BCUT2D eigenvalue weighted by atomic mass is 16.3. The molecule has 0 spiro atoms. The average molecular weight is 330 g/mol. The zero-order valence-electron chi connectivity index (χ0n) is 14.7. The van der Waals surface area contributed by atoms with E-state index in [4.69, 9.17) is 4.42 Å². The van der Waals surface area contributed by atoms with Gasteiger partial charge in [-0.05, 0) is 45.7 Å². The first-order chi connectivity index (χ1) is 11.5. The van der Waals surface area contributed by atoms with Crippen LogP contribution < -0.4 is 5.32 Å². The Bertz CT molecular complexity index is 689. The van der Waals surface area contributed by atoms with Crippen molar-refractivity contribution in [2.75, 3.05) is 19.6 Å². The molecule has 0 aliphatic carbocycles. The second-order valence-corrected chi connectivity index (χ2v) is 6.95. The number of aromatic nitrogens is 2. The van der Waals surface area contributed by atoms with E-state index >= 15 is 0 Å². The first-order valence-electron chi connectivity index (χ1n) is 8.60. The molecule has 1 atom stereocenters. The molecule has 1 N–H and O–H groups in total. The van der Waals surface area contributed by atoms with Crippen molar-refractivity contribution in [1.29, 1.82) is 0 Å². The Labute approximate surface area is 142 Å². The maximum Gasteiger partial charge on any atom is 0.287 e. The minimum Gasteiger partial charge on any atom is -0.459 e. The summed E-state index contributed by atoms with van der Waals surface area (Å²) in [4.78, 5) is 14.5. The fraction of sp³-hybridized carbons (Fsp3) is 0.556. The van der Waals surface area contributed by atoms with Gasteiger partial charge in [0.2, 0.25) is 0 Å². The number of nitrogens with one attached hydrogen (secondary N) is 1. The Hall–Kier alpha value is -2.08. The van der Waals surface area contributed by atoms with Crippen LogP contribution in [0.15, 0.2) is 29.1 Å². The van der Waals surface area contributed by atoms with Crippen LogP contribution in [0.1, 0.15) is 48.0 Å². The number of hydrogen-bond acceptors (Lipinski definition) is 4. The Morgan fingerprint density at radius 2 is 2.33 bits per heavy atom. The predicted octanol–water partition coefficient (Wildman–Crippen LogP) is 2.62. The lowest BCUT2D eigenvalue weighted by atomic mass is 10.1. The SMILES string of the molecule is Cc1ccoc1C(=O)NC[C@@H]1CCN(Cc2cnn(C(C)C)c2)C1. The third-order valence-electron chi connectivity index (χ3n) is 4.58. The van der Waals surface area contributed by atoms with Crippen molar-refractivity contribution < 1.29 is 9.21 Å². The highest BCUT2D eigenvalue weighted by Crippen LogP contribution is 2.19. The quantitative estimate of drug-likeness (QED) is 0.884. The first kappa shape index (κ1) is 16.8. The summed E-state index contributed by atoms with van der Waals surface area (Å²) >= 11 is 0. The number of furan rings is 1. The van der Waals surface area contributed by atoms with Gasteiger partial charge in [-0.2, -0.15) is 5.10 Å². The average Bonchev–Trinajstić information content (AvgIpc) is 3.26. The van der Waals surface area contributed by atoms with Crippen molar-refractivity contribution in [2.24, 2.45) is 5.92 Å². The number of nitrogens with zero attached hydrogens (tertiary/aromatic N) is 3. The van der Waals surface area contributed by atoms with E-state index in [1.165, 1.54) is 5.56 Å². The Kier molecular flexibility index (Phi) is 5.04. The van der Waals surface area contributed by atoms with Gasteiger partial charge in [0, 0.05) is 43.0 Å². The monoisotopic (exact) mass is 330 g/mol. The summed E-state index contributed by atoms with van der Waals surface area (Å²) in [5.74, 6) is 0.796. The topological polar surface area (TPSA) is 63.3 Å². The molecule has 0 aromatic carbocycles. The molecule has 0 saturated carbocycles. The molecule has 0 radical (unpaired) electrons. The minimum atomic E-state index is -0.117. The van der Waals surface area contributed by atoms with E-state index in [1.54, 1.807) is 6.26 Å². The fourth-order valence-electron chi connectivity index (χ4n) is 3.15. The molecule has 1 amide bonds. The van der Waals surface area contributed by atoms with E-state index in [-0.39, 0.29) is 5.91 Å². The largest absolute Gasteiger partial charge is 0.459 e. The van der Waals surface area contributed by atoms with Gasteiger partial charge in [-0.25, -0.2) is 0 Å². The second kappa shape index (κ2) is 7.21. The maximum atomic E-state index is 12.1. The van der Waals surface area contributed by atoms with Crippen LogP contribution in [0.2, 0.25) is 0 Å². The van der Waals surface area contributed by atoms with Gasteiger partial charge in [0.1, 0.15) is 0 Å². The van der Waals surface area contributed by atoms with E-state index in [1.807, 2.05) is 23.9 Å². The second-order valence-electron chi connectivity index (χ2n) is 6.95. The number of amides is 1. The molecule has 0 bridgehead atoms. The number of hydrogen-bond donors (Lipinski definition) is 1. The van der Waals surface area contributed by atoms with E-state index in [9.17, 15) is 4.79 Å². The highest BCUT2D eigenvalue weighted by Gasteiger charge is 2.24. The molecule has 130 valence electrons. The lowest BCUT2D eigenvalue weighted by Gasteiger charge is -2.15. The van der Waals surface area contributed by atoms with Crippen molar-refractivity contribution in [3.63, 3.8) is 0 Å². The van der Waals surface area contributed by atoms with Gasteiger partial charge in [-0.1, -0.05) is 0 Å². The Morgan fingerprint density at radius 1 is 1.50 bits per heavy atom. The summed E-state index contributed by atoms with van der Waals surface area (Å²) in [5, 5.41) is 7.39. The van der Waals surface area contributed by atoms with Gasteiger partial charge in [-0.3, -0.25) is 14.4 Å². The van der Waals surface area contributed by atoms with Gasteiger partial charge in [-0.15, -0.1) is 0 Å². The molecule has 3 rings (SSSR count). The van der Waals surface area contributed by atoms with Crippen LogP contribution in [-0.2, 0) is 6.54 Å². The van der Waals surface area contributed by atoms with Crippen molar-refractivity contribution in [2.45, 2.75) is 39.8 Å². The molecule has 1 aliphatic rings. The summed E-state index contributed by atoms with van der Waals surface area (Å²) in [6.45, 7) is 9.83. The standard InChI is InChI=1S/C18H26N4O2/c1-13(2)22-12-16(9-20-22)11-21-6-4-15(10-21)8-19-18(23)17-14(3)5-7-24-17/h5,7,9,12-13,15H,4,6,8,10-11H2,1-3H3,(H,19,23)/t15-/m0/s1. The summed E-state index contributed by atoms with van der Waals surface area (Å²) in [7, 11) is 0. The normalized spacial score (nSPS) is 18.4. The van der Waals surface area contributed by atoms with Crippen LogP contribution in [0.3, 0.4) is 0 Å². The van der Waals surface area contributed by atoms with Gasteiger partial charge < -0.3 is 9.73 Å². The van der Waals surface area contributed by atoms with E-state index < -0.39 is 0 Å². The molecule has 1 fully saturated rings. The van der Waals surface area contributed by atoms with E-state index in [2.05, 4.69) is 35.4 Å². The van der Waals surface area contributed by atoms with Gasteiger partial charge in [0.25, 0.3) is 5.91 Å². The maximum absolute atomic E-state index is 12.1. The first-order valence-corrected chi connectivity index (χ1v) is 8.60. The fourth-order valence-corrected chi connectivity index (χ4v) is 3.15. The number of likely N-dealkylation sites (tertiary alicyclic amines) is 1. The third kappa shape index (κ3) is 3.87. The smallest absolute Gasteiger partial charge is 0.287 e. The summed E-state index contributed by atoms with van der Waals surface area (Å²) in [5.41, 5.74) is 2.13. The molecule has 6 heteroatoms. The molecule has 6 nitrogen and oxygen atoms in total. The molecule has 2 aromatic heterocycles. The molecule has 1 aliphatic heterocycles. The highest BCUT2D eigenvalue weighted by molar-refractivity contribution is 5.92. The van der Waals surface area contributed by atoms with Crippen LogP contribution in [0.25, 0.3) is 0 Å². The summed E-state index contributed by atoms with van der Waals surface area (Å²) < 4.78 is 7.23. The van der Waals surface area contributed by atoms with E-state index in [0.29, 0.717) is 24.3 Å². The molecule has 1 saturated heterocycles. The Morgan fingerprint density at radius 3 is 3.00 bits per heavy atom. The van der Waals surface area contributed by atoms with Crippen molar-refractivity contribution in [3.05, 3.63) is 41.6 Å². The predicted molar refractivity (Wildman–Crippen MR) is 91.8 cm³/mol. The molecular weight excluding hydrogens is 304 g/mol. The third-order valence-corrected chi connectivity index (χ3v) is 4.58. The van der Waals surface area contributed by atoms with Crippen LogP contribution in [0, 0.1) is 12.8 Å². The molecule has 2 aromatic rings. The molecule has 24 heavy (non-hydrogen) atoms. The lowest BCUT2D eigenvalue weighted by molar-refractivity contribution is 0.0918. The summed E-state index contributed by atoms with van der Waals surface area (Å²) in [6.07, 6.45) is 6.74. The summed E-state index contributed by atoms with van der Waals surface area (Å²) in [6, 6.07) is 2.20. The van der Waals surface area contributed by atoms with Crippen molar-refractivity contribution >= 4 is 5.91 Å². The lowest BCUT2D eigenvalue weighted by Crippen LogP contribution is -2.31. The number of aryl methyl sites for hydroxylation is 1. The zero-order chi connectivity index (χ0) is 17.1. The van der Waals surface area contributed by atoms with E-state index in [0.717, 1.165) is 31.6 Å². The molecule has 3 heterocycles. The van der Waals surface area contributed by atoms with Crippen molar-refractivity contribution in [3.8, 4) is 0 Å². The van der Waals surface area contributed by atoms with Crippen LogP contribution in [0.4, 0.5) is 0 Å². The molecular formula is C18H26N4O2. The number of rotatable bonds is 6. The van der Waals surface area contributed by atoms with Crippen molar-refractivity contribution in [1.82, 2.24) is 20.0 Å². The van der Waals surface area contributed by atoms with Crippen LogP contribution >= 0.6 is 0 Å². The Balaban J connectivity index is 1.45. The van der Waals surface area contributed by atoms with Gasteiger partial charge in [0.15, 0.2) is 5.76 Å². The van der Waals surface area contributed by atoms with Crippen LogP contribution in [-0.4, -0.2) is 40.2 Å². The minimum absolute atomic E-state index is 0.117.